The van der Waals surface area contributed by atoms with Gasteiger partial charge in [0.2, 0.25) is 0 Å². The molecule has 2 rings (SSSR count). The molecule has 0 aliphatic carbocycles. The van der Waals surface area contributed by atoms with Gasteiger partial charge in [0.1, 0.15) is 5.82 Å². The van der Waals surface area contributed by atoms with Crippen LogP contribution in [0.2, 0.25) is 0 Å². The summed E-state index contributed by atoms with van der Waals surface area (Å²) < 4.78 is 14.6. The first-order valence-electron chi connectivity index (χ1n) is 5.97. The lowest BCUT2D eigenvalue weighted by Crippen LogP contribution is -2.14. The van der Waals surface area contributed by atoms with Crippen LogP contribution in [-0.4, -0.2) is 4.98 Å². The molecule has 0 aliphatic rings. The molecule has 0 saturated heterocycles. The zero-order valence-electron chi connectivity index (χ0n) is 11.1. The molecular formula is C14H16BrFN2S. The number of nitrogens with two attached hydrogens (primary N) is 1. The van der Waals surface area contributed by atoms with Gasteiger partial charge in [0, 0.05) is 21.2 Å². The normalized spacial score (nSPS) is 11.8. The fraction of sp³-hybridized carbons (Fsp3) is 0.357. The number of benzene rings is 1. The Balaban J connectivity index is 2.38. The first kappa shape index (κ1) is 14.5. The monoisotopic (exact) mass is 342 g/mol. The molecule has 19 heavy (non-hydrogen) atoms. The van der Waals surface area contributed by atoms with Crippen LogP contribution in [0, 0.1) is 5.82 Å². The van der Waals surface area contributed by atoms with Crippen molar-refractivity contribution in [2.45, 2.75) is 32.6 Å². The quantitative estimate of drug-likeness (QED) is 0.871. The summed E-state index contributed by atoms with van der Waals surface area (Å²) in [5.41, 5.74) is 7.33. The SMILES string of the molecule is CC(C)(C)c1nc(N)sc1Cc1ccc(Br)cc1F. The molecular weight excluding hydrogens is 327 g/mol. The Morgan fingerprint density at radius 2 is 2.05 bits per heavy atom. The Hall–Kier alpha value is -0.940. The predicted octanol–water partition coefficient (Wildman–Crippen LogP) is 4.52. The van der Waals surface area contributed by atoms with E-state index in [0.717, 1.165) is 15.0 Å². The van der Waals surface area contributed by atoms with Gasteiger partial charge in [-0.05, 0) is 17.7 Å². The Labute approximate surface area is 125 Å². The maximum atomic E-state index is 13.9. The van der Waals surface area contributed by atoms with Crippen LogP contribution in [0.4, 0.5) is 9.52 Å². The molecule has 0 amide bonds. The number of thiazole rings is 1. The highest BCUT2D eigenvalue weighted by atomic mass is 79.9. The lowest BCUT2D eigenvalue weighted by molar-refractivity contribution is 0.566. The Kier molecular flexibility index (Phi) is 3.97. The van der Waals surface area contributed by atoms with Crippen molar-refractivity contribution in [2.24, 2.45) is 0 Å². The van der Waals surface area contributed by atoms with E-state index in [1.807, 2.05) is 6.07 Å². The average molecular weight is 343 g/mol. The molecule has 0 unspecified atom stereocenters. The molecule has 0 atom stereocenters. The van der Waals surface area contributed by atoms with E-state index in [9.17, 15) is 4.39 Å². The average Bonchev–Trinajstić information content (AvgIpc) is 2.63. The minimum atomic E-state index is -0.207. The van der Waals surface area contributed by atoms with Gasteiger partial charge >= 0.3 is 0 Å². The molecule has 2 nitrogen and oxygen atoms in total. The van der Waals surface area contributed by atoms with E-state index in [4.69, 9.17) is 5.73 Å². The first-order valence-corrected chi connectivity index (χ1v) is 7.58. The maximum absolute atomic E-state index is 13.9. The summed E-state index contributed by atoms with van der Waals surface area (Å²) >= 11 is 4.70. The summed E-state index contributed by atoms with van der Waals surface area (Å²) in [4.78, 5) is 5.42. The third-order valence-electron chi connectivity index (χ3n) is 2.79. The summed E-state index contributed by atoms with van der Waals surface area (Å²) in [7, 11) is 0. The lowest BCUT2D eigenvalue weighted by atomic mass is 9.90. The predicted molar refractivity (Wildman–Crippen MR) is 82.1 cm³/mol. The number of hydrogen-bond donors (Lipinski definition) is 1. The highest BCUT2D eigenvalue weighted by Gasteiger charge is 2.23. The van der Waals surface area contributed by atoms with Crippen LogP contribution < -0.4 is 5.73 Å². The minimum Gasteiger partial charge on any atom is -0.375 e. The number of anilines is 1. The molecule has 102 valence electrons. The highest BCUT2D eigenvalue weighted by molar-refractivity contribution is 9.10. The fourth-order valence-electron chi connectivity index (χ4n) is 1.91. The van der Waals surface area contributed by atoms with E-state index in [1.54, 1.807) is 6.07 Å². The number of nitrogen functional groups attached to an aromatic ring is 1. The second-order valence-electron chi connectivity index (χ2n) is 5.49. The molecule has 1 aromatic heterocycles. The number of rotatable bonds is 2. The molecule has 0 radical (unpaired) electrons. The van der Waals surface area contributed by atoms with Crippen LogP contribution in [0.5, 0.6) is 0 Å². The van der Waals surface area contributed by atoms with E-state index in [0.29, 0.717) is 17.1 Å². The molecule has 2 N–H and O–H groups in total. The number of nitrogens with zero attached hydrogens (tertiary/aromatic N) is 1. The maximum Gasteiger partial charge on any atom is 0.180 e. The van der Waals surface area contributed by atoms with E-state index < -0.39 is 0 Å². The zero-order valence-corrected chi connectivity index (χ0v) is 13.5. The van der Waals surface area contributed by atoms with Crippen molar-refractivity contribution in [3.63, 3.8) is 0 Å². The molecule has 1 heterocycles. The van der Waals surface area contributed by atoms with Crippen molar-refractivity contribution < 1.29 is 4.39 Å². The van der Waals surface area contributed by atoms with Crippen molar-refractivity contribution >= 4 is 32.4 Å². The zero-order chi connectivity index (χ0) is 14.2. The van der Waals surface area contributed by atoms with Crippen LogP contribution in [-0.2, 0) is 11.8 Å². The standard InChI is InChI=1S/C14H16BrFN2S/c1-14(2,3)12-11(19-13(17)18-12)6-8-4-5-9(15)7-10(8)16/h4-5,7H,6H2,1-3H3,(H2,17,18). The van der Waals surface area contributed by atoms with Crippen molar-refractivity contribution in [3.8, 4) is 0 Å². The van der Waals surface area contributed by atoms with Crippen molar-refractivity contribution in [1.82, 2.24) is 4.98 Å². The fourth-order valence-corrected chi connectivity index (χ4v) is 3.31. The Morgan fingerprint density at radius 3 is 2.63 bits per heavy atom. The summed E-state index contributed by atoms with van der Waals surface area (Å²) in [6.07, 6.45) is 0.528. The van der Waals surface area contributed by atoms with Crippen molar-refractivity contribution in [3.05, 3.63) is 44.6 Å². The third-order valence-corrected chi connectivity index (χ3v) is 4.17. The van der Waals surface area contributed by atoms with E-state index in [-0.39, 0.29) is 11.2 Å². The molecule has 5 heteroatoms. The first-order chi connectivity index (χ1) is 8.77. The molecule has 0 aliphatic heterocycles. The van der Waals surface area contributed by atoms with Crippen molar-refractivity contribution in [2.75, 3.05) is 5.73 Å². The molecule has 0 bridgehead atoms. The minimum absolute atomic E-state index is 0.0880. The molecule has 0 fully saturated rings. The van der Waals surface area contributed by atoms with Gasteiger partial charge in [-0.2, -0.15) is 0 Å². The van der Waals surface area contributed by atoms with Gasteiger partial charge in [-0.3, -0.25) is 0 Å². The summed E-state index contributed by atoms with van der Waals surface area (Å²) in [6.45, 7) is 6.26. The molecule has 1 aromatic carbocycles. The van der Waals surface area contributed by atoms with Gasteiger partial charge in [0.25, 0.3) is 0 Å². The van der Waals surface area contributed by atoms with Gasteiger partial charge in [0.05, 0.1) is 5.69 Å². The van der Waals surface area contributed by atoms with E-state index >= 15 is 0 Å². The van der Waals surface area contributed by atoms with Crippen LogP contribution in [0.25, 0.3) is 0 Å². The number of aromatic nitrogens is 1. The second kappa shape index (κ2) is 5.21. The topological polar surface area (TPSA) is 38.9 Å². The van der Waals surface area contributed by atoms with E-state index in [1.165, 1.54) is 17.4 Å². The van der Waals surface area contributed by atoms with Crippen LogP contribution >= 0.6 is 27.3 Å². The van der Waals surface area contributed by atoms with Gasteiger partial charge in [0.15, 0.2) is 5.13 Å². The number of halogens is 2. The smallest absolute Gasteiger partial charge is 0.180 e. The van der Waals surface area contributed by atoms with Crippen molar-refractivity contribution in [1.29, 1.82) is 0 Å². The highest BCUT2D eigenvalue weighted by Crippen LogP contribution is 2.33. The second-order valence-corrected chi connectivity index (χ2v) is 7.52. The largest absolute Gasteiger partial charge is 0.375 e. The van der Waals surface area contributed by atoms with Gasteiger partial charge < -0.3 is 5.73 Å². The summed E-state index contributed by atoms with van der Waals surface area (Å²) in [6, 6.07) is 5.12. The number of hydrogen-bond acceptors (Lipinski definition) is 3. The van der Waals surface area contributed by atoms with Gasteiger partial charge in [-0.25, -0.2) is 9.37 Å². The van der Waals surface area contributed by atoms with E-state index in [2.05, 4.69) is 41.7 Å². The third kappa shape index (κ3) is 3.34. The molecule has 0 spiro atoms. The van der Waals surface area contributed by atoms with Gasteiger partial charge in [-0.1, -0.05) is 42.8 Å². The van der Waals surface area contributed by atoms with Crippen LogP contribution in [0.3, 0.4) is 0 Å². The molecule has 2 aromatic rings. The lowest BCUT2D eigenvalue weighted by Gasteiger charge is -2.17. The Bertz CT molecular complexity index is 602. The summed E-state index contributed by atoms with van der Waals surface area (Å²) in [5.74, 6) is -0.207. The van der Waals surface area contributed by atoms with Crippen LogP contribution in [0.1, 0.15) is 36.9 Å². The molecule has 0 saturated carbocycles. The van der Waals surface area contributed by atoms with Crippen LogP contribution in [0.15, 0.2) is 22.7 Å². The Morgan fingerprint density at radius 1 is 1.37 bits per heavy atom. The van der Waals surface area contributed by atoms with Gasteiger partial charge in [-0.15, -0.1) is 11.3 Å². The summed E-state index contributed by atoms with van der Waals surface area (Å²) in [5, 5.41) is 0.539.